The Bertz CT molecular complexity index is 1320. The molecule has 0 saturated carbocycles. The first-order chi connectivity index (χ1) is 12.2. The molecule has 0 radical (unpaired) electrons. The normalized spacial score (nSPS) is 11.5. The Hall–Kier alpha value is -3.46. The Kier molecular flexibility index (Phi) is 2.80. The van der Waals surface area contributed by atoms with Crippen LogP contribution in [0, 0.1) is 0 Å². The summed E-state index contributed by atoms with van der Waals surface area (Å²) in [6.45, 7) is 0. The maximum atomic E-state index is 11.5. The fourth-order valence-corrected chi connectivity index (χ4v) is 3.63. The number of nitrogens with zero attached hydrogens (tertiary/aromatic N) is 1. The van der Waals surface area contributed by atoms with E-state index in [1.165, 1.54) is 16.2 Å². The Morgan fingerprint density at radius 1 is 0.720 bits per heavy atom. The van der Waals surface area contributed by atoms with Crippen molar-refractivity contribution in [2.75, 3.05) is 0 Å². The van der Waals surface area contributed by atoms with Gasteiger partial charge in [-0.15, -0.1) is 0 Å². The van der Waals surface area contributed by atoms with Crippen LogP contribution in [0.5, 0.6) is 0 Å². The monoisotopic (exact) mass is 323 g/mol. The second-order valence-corrected chi connectivity index (χ2v) is 6.21. The van der Waals surface area contributed by atoms with E-state index in [4.69, 9.17) is 0 Å². The summed E-state index contributed by atoms with van der Waals surface area (Å²) in [5, 5.41) is 16.9. The average molecular weight is 323 g/mol. The van der Waals surface area contributed by atoms with Crippen LogP contribution < -0.4 is 0 Å². The summed E-state index contributed by atoms with van der Waals surface area (Å²) in [4.78, 5) is 15.9. The minimum Gasteiger partial charge on any atom is -0.478 e. The fourth-order valence-electron chi connectivity index (χ4n) is 3.63. The zero-order valence-corrected chi connectivity index (χ0v) is 13.2. The van der Waals surface area contributed by atoms with Gasteiger partial charge in [0.15, 0.2) is 0 Å². The Morgan fingerprint density at radius 2 is 1.44 bits per heavy atom. The molecular weight excluding hydrogens is 310 g/mol. The van der Waals surface area contributed by atoms with Crippen molar-refractivity contribution in [2.45, 2.75) is 0 Å². The fraction of sp³-hybridized carbons (Fsp3) is 0. The molecule has 0 bridgehead atoms. The average Bonchev–Trinajstić information content (AvgIpc) is 2.65. The van der Waals surface area contributed by atoms with Crippen LogP contribution in [0.2, 0.25) is 0 Å². The summed E-state index contributed by atoms with van der Waals surface area (Å²) in [7, 11) is 0. The maximum Gasteiger partial charge on any atom is 0.336 e. The van der Waals surface area contributed by atoms with Crippen molar-refractivity contribution >= 4 is 49.2 Å². The van der Waals surface area contributed by atoms with Gasteiger partial charge in [0.1, 0.15) is 0 Å². The highest BCUT2D eigenvalue weighted by molar-refractivity contribution is 6.20. The van der Waals surface area contributed by atoms with Crippen LogP contribution in [0.25, 0.3) is 43.2 Å². The van der Waals surface area contributed by atoms with Gasteiger partial charge >= 0.3 is 5.97 Å². The van der Waals surface area contributed by atoms with E-state index in [2.05, 4.69) is 35.3 Å². The van der Waals surface area contributed by atoms with Crippen LogP contribution >= 0.6 is 0 Å². The molecule has 0 aliphatic carbocycles. The molecule has 0 atom stereocenters. The van der Waals surface area contributed by atoms with Crippen molar-refractivity contribution in [1.29, 1.82) is 0 Å². The standard InChI is InChI=1S/C22H13NO2/c24-22(25)19-9-10-23-21-17-6-5-15-11-13-3-1-2-4-14(13)12-20(15)16(17)7-8-18(19)21/h1-12H,(H,24,25). The van der Waals surface area contributed by atoms with Crippen LogP contribution in [0.1, 0.15) is 10.4 Å². The van der Waals surface area contributed by atoms with Crippen LogP contribution in [-0.2, 0) is 0 Å². The highest BCUT2D eigenvalue weighted by Gasteiger charge is 2.12. The van der Waals surface area contributed by atoms with E-state index in [-0.39, 0.29) is 5.56 Å². The first kappa shape index (κ1) is 13.9. The smallest absolute Gasteiger partial charge is 0.336 e. The second kappa shape index (κ2) is 5.02. The molecule has 1 aromatic heterocycles. The van der Waals surface area contributed by atoms with Crippen molar-refractivity contribution in [3.05, 3.63) is 78.5 Å². The summed E-state index contributed by atoms with van der Waals surface area (Å²) < 4.78 is 0. The van der Waals surface area contributed by atoms with E-state index in [0.717, 1.165) is 21.7 Å². The third-order valence-corrected chi connectivity index (χ3v) is 4.82. The predicted molar refractivity (Wildman–Crippen MR) is 101 cm³/mol. The minimum absolute atomic E-state index is 0.283. The number of carbonyl (C=O) groups is 1. The molecule has 0 aliphatic rings. The molecule has 1 N–H and O–H groups in total. The van der Waals surface area contributed by atoms with Crippen LogP contribution in [0.4, 0.5) is 0 Å². The van der Waals surface area contributed by atoms with Gasteiger partial charge in [0, 0.05) is 17.0 Å². The van der Waals surface area contributed by atoms with Crippen molar-refractivity contribution in [1.82, 2.24) is 4.98 Å². The van der Waals surface area contributed by atoms with E-state index in [9.17, 15) is 9.90 Å². The molecule has 0 unspecified atom stereocenters. The maximum absolute atomic E-state index is 11.5. The van der Waals surface area contributed by atoms with Gasteiger partial charge in [-0.25, -0.2) is 4.79 Å². The predicted octanol–water partition coefficient (Wildman–Crippen LogP) is 5.39. The highest BCUT2D eigenvalue weighted by atomic mass is 16.4. The highest BCUT2D eigenvalue weighted by Crippen LogP contribution is 2.33. The van der Waals surface area contributed by atoms with Crippen molar-refractivity contribution in [3.8, 4) is 0 Å². The number of hydrogen-bond acceptors (Lipinski definition) is 2. The van der Waals surface area contributed by atoms with Gasteiger partial charge in [-0.3, -0.25) is 4.98 Å². The molecule has 3 heteroatoms. The number of aromatic nitrogens is 1. The lowest BCUT2D eigenvalue weighted by atomic mass is 9.96. The SMILES string of the molecule is O=C(O)c1ccnc2c1ccc1c3cc4ccccc4cc3ccc12. The van der Waals surface area contributed by atoms with E-state index in [1.807, 2.05) is 30.3 Å². The molecule has 118 valence electrons. The lowest BCUT2D eigenvalue weighted by Gasteiger charge is -2.09. The van der Waals surface area contributed by atoms with Gasteiger partial charge in [0.05, 0.1) is 11.1 Å². The molecule has 25 heavy (non-hydrogen) atoms. The number of rotatable bonds is 1. The molecule has 0 saturated heterocycles. The number of pyridine rings is 1. The second-order valence-electron chi connectivity index (χ2n) is 6.21. The first-order valence-electron chi connectivity index (χ1n) is 8.08. The minimum atomic E-state index is -0.932. The topological polar surface area (TPSA) is 50.2 Å². The largest absolute Gasteiger partial charge is 0.478 e. The molecular formula is C22H13NO2. The number of aromatic carboxylic acids is 1. The molecule has 0 fully saturated rings. The lowest BCUT2D eigenvalue weighted by Crippen LogP contribution is -1.98. The van der Waals surface area contributed by atoms with Crippen LogP contribution in [0.3, 0.4) is 0 Å². The van der Waals surface area contributed by atoms with E-state index >= 15 is 0 Å². The molecule has 0 spiro atoms. The zero-order valence-electron chi connectivity index (χ0n) is 13.2. The van der Waals surface area contributed by atoms with Gasteiger partial charge in [-0.2, -0.15) is 0 Å². The van der Waals surface area contributed by atoms with Gasteiger partial charge < -0.3 is 5.11 Å². The quantitative estimate of drug-likeness (QED) is 0.332. The number of carboxylic acid groups (broad SMARTS) is 1. The van der Waals surface area contributed by atoms with Crippen molar-refractivity contribution in [3.63, 3.8) is 0 Å². The molecule has 4 aromatic carbocycles. The Balaban J connectivity index is 1.96. The molecule has 3 nitrogen and oxygen atoms in total. The van der Waals surface area contributed by atoms with Gasteiger partial charge in [0.25, 0.3) is 0 Å². The first-order valence-corrected chi connectivity index (χ1v) is 8.08. The number of benzene rings is 4. The van der Waals surface area contributed by atoms with Gasteiger partial charge in [-0.1, -0.05) is 48.5 Å². The van der Waals surface area contributed by atoms with Gasteiger partial charge in [0.2, 0.25) is 0 Å². The summed E-state index contributed by atoms with van der Waals surface area (Å²) in [5.41, 5.74) is 1.01. The molecule has 5 aromatic rings. The van der Waals surface area contributed by atoms with Crippen molar-refractivity contribution in [2.24, 2.45) is 0 Å². The van der Waals surface area contributed by atoms with E-state index in [1.54, 1.807) is 12.3 Å². The third-order valence-electron chi connectivity index (χ3n) is 4.82. The molecule has 5 rings (SSSR count). The molecule has 1 heterocycles. The summed E-state index contributed by atoms with van der Waals surface area (Å²) in [6, 6.07) is 22.2. The summed E-state index contributed by atoms with van der Waals surface area (Å²) in [6.07, 6.45) is 1.57. The Morgan fingerprint density at radius 3 is 2.24 bits per heavy atom. The lowest BCUT2D eigenvalue weighted by molar-refractivity contribution is 0.0699. The summed E-state index contributed by atoms with van der Waals surface area (Å²) in [5.74, 6) is -0.932. The van der Waals surface area contributed by atoms with Crippen LogP contribution in [-0.4, -0.2) is 16.1 Å². The number of hydrogen-bond donors (Lipinski definition) is 1. The van der Waals surface area contributed by atoms with Crippen LogP contribution in [0.15, 0.2) is 72.9 Å². The number of fused-ring (bicyclic) bond motifs is 6. The summed E-state index contributed by atoms with van der Waals surface area (Å²) >= 11 is 0. The number of carboxylic acids is 1. The Labute approximate surface area is 143 Å². The van der Waals surface area contributed by atoms with Crippen molar-refractivity contribution < 1.29 is 9.90 Å². The molecule has 0 amide bonds. The zero-order chi connectivity index (χ0) is 17.0. The third kappa shape index (κ3) is 1.99. The van der Waals surface area contributed by atoms with Gasteiger partial charge in [-0.05, 0) is 45.1 Å². The van der Waals surface area contributed by atoms with E-state index in [0.29, 0.717) is 5.39 Å². The van der Waals surface area contributed by atoms with E-state index < -0.39 is 5.97 Å². The molecule has 0 aliphatic heterocycles.